The minimum atomic E-state index is -0.671. The maximum Gasteiger partial charge on any atom is 0.407 e. The smallest absolute Gasteiger partial charge is 0.407 e. The highest BCUT2D eigenvalue weighted by Gasteiger charge is 2.20. The van der Waals surface area contributed by atoms with Gasteiger partial charge in [-0.3, -0.25) is 10.1 Å². The van der Waals surface area contributed by atoms with E-state index in [1.54, 1.807) is 27.7 Å². The van der Waals surface area contributed by atoms with Gasteiger partial charge in [-0.15, -0.1) is 0 Å². The van der Waals surface area contributed by atoms with Gasteiger partial charge in [-0.25, -0.2) is 9.18 Å². The summed E-state index contributed by atoms with van der Waals surface area (Å²) in [5, 5.41) is 13.5. The number of nitro benzene ring substituents is 1. The van der Waals surface area contributed by atoms with Crippen LogP contribution in [0.2, 0.25) is 0 Å². The van der Waals surface area contributed by atoms with Crippen LogP contribution in [0.4, 0.5) is 14.9 Å². The minimum Gasteiger partial charge on any atom is -0.490 e. The molecule has 0 aromatic heterocycles. The van der Waals surface area contributed by atoms with Gasteiger partial charge in [-0.2, -0.15) is 0 Å². The highest BCUT2D eigenvalue weighted by atomic mass is 19.1. The zero-order chi connectivity index (χ0) is 19.2. The van der Waals surface area contributed by atoms with Crippen LogP contribution in [0.1, 0.15) is 33.3 Å². The normalized spacial score (nSPS) is 12.4. The van der Waals surface area contributed by atoms with Gasteiger partial charge in [0.1, 0.15) is 11.4 Å². The zero-order valence-corrected chi connectivity index (χ0v) is 14.9. The van der Waals surface area contributed by atoms with E-state index in [-0.39, 0.29) is 36.3 Å². The van der Waals surface area contributed by atoms with Crippen molar-refractivity contribution in [3.05, 3.63) is 33.6 Å². The van der Waals surface area contributed by atoms with Crippen LogP contribution in [0.3, 0.4) is 0 Å². The van der Waals surface area contributed by atoms with Crippen LogP contribution in [0, 0.1) is 15.9 Å². The number of benzene rings is 1. The molecule has 0 fully saturated rings. The zero-order valence-electron chi connectivity index (χ0n) is 14.9. The second kappa shape index (κ2) is 8.61. The molecule has 140 valence electrons. The fourth-order valence-electron chi connectivity index (χ4n) is 1.90. The number of hydrogen-bond donors (Lipinski definition) is 1. The largest absolute Gasteiger partial charge is 0.490 e. The molecule has 0 unspecified atom stereocenters. The lowest BCUT2D eigenvalue weighted by molar-refractivity contribution is -0.385. The number of halogens is 1. The summed E-state index contributed by atoms with van der Waals surface area (Å²) in [7, 11) is 1.22. The minimum absolute atomic E-state index is 0.0250. The molecule has 0 saturated carbocycles. The van der Waals surface area contributed by atoms with Gasteiger partial charge in [-0.1, -0.05) is 0 Å². The molecule has 0 aliphatic rings. The van der Waals surface area contributed by atoms with Crippen molar-refractivity contribution in [2.75, 3.05) is 13.7 Å². The number of rotatable bonds is 7. The second-order valence-corrected chi connectivity index (χ2v) is 6.43. The average molecular weight is 358 g/mol. The van der Waals surface area contributed by atoms with Crippen molar-refractivity contribution in [3.63, 3.8) is 0 Å². The van der Waals surface area contributed by atoms with Gasteiger partial charge in [0, 0.05) is 17.7 Å². The van der Waals surface area contributed by atoms with Crippen molar-refractivity contribution in [1.82, 2.24) is 5.32 Å². The molecule has 8 nitrogen and oxygen atoms in total. The van der Waals surface area contributed by atoms with Crippen LogP contribution in [0.15, 0.2) is 12.1 Å². The van der Waals surface area contributed by atoms with Crippen molar-refractivity contribution in [3.8, 4) is 5.75 Å². The van der Waals surface area contributed by atoms with E-state index >= 15 is 0 Å². The predicted octanol–water partition coefficient (Wildman–Crippen LogP) is 3.17. The molecule has 1 N–H and O–H groups in total. The van der Waals surface area contributed by atoms with Crippen molar-refractivity contribution < 1.29 is 28.3 Å². The van der Waals surface area contributed by atoms with E-state index in [1.165, 1.54) is 7.11 Å². The molecule has 0 saturated heterocycles. The fraction of sp³-hybridized carbons (Fsp3) is 0.562. The first-order valence-corrected chi connectivity index (χ1v) is 7.61. The maximum absolute atomic E-state index is 13.9. The molecular weight excluding hydrogens is 335 g/mol. The first-order valence-electron chi connectivity index (χ1n) is 7.61. The molecule has 1 aromatic rings. The van der Waals surface area contributed by atoms with Gasteiger partial charge in [-0.05, 0) is 27.7 Å². The molecule has 0 spiro atoms. The summed E-state index contributed by atoms with van der Waals surface area (Å²) < 4.78 is 29.1. The Bertz CT molecular complexity index is 630. The van der Waals surface area contributed by atoms with Crippen molar-refractivity contribution >= 4 is 11.8 Å². The number of nitrogens with zero attached hydrogens (tertiary/aromatic N) is 1. The number of amides is 1. The van der Waals surface area contributed by atoms with Crippen molar-refractivity contribution in [2.45, 2.75) is 45.9 Å². The maximum atomic E-state index is 13.9. The van der Waals surface area contributed by atoms with E-state index in [2.05, 4.69) is 5.32 Å². The van der Waals surface area contributed by atoms with Gasteiger partial charge >= 0.3 is 11.8 Å². The monoisotopic (exact) mass is 358 g/mol. The molecule has 1 atom stereocenters. The quantitative estimate of drug-likeness (QED) is 0.593. The summed E-state index contributed by atoms with van der Waals surface area (Å²) >= 11 is 0. The predicted molar refractivity (Wildman–Crippen MR) is 88.1 cm³/mol. The highest BCUT2D eigenvalue weighted by molar-refractivity contribution is 5.68. The van der Waals surface area contributed by atoms with Crippen LogP contribution in [-0.2, 0) is 16.1 Å². The Morgan fingerprint density at radius 3 is 2.56 bits per heavy atom. The Labute approximate surface area is 145 Å². The Hall–Kier alpha value is -2.42. The number of carbonyl (C=O) groups is 1. The Balaban J connectivity index is 2.60. The van der Waals surface area contributed by atoms with Crippen LogP contribution < -0.4 is 10.1 Å². The first-order chi connectivity index (χ1) is 11.5. The van der Waals surface area contributed by atoms with Gasteiger partial charge in [0.15, 0.2) is 5.75 Å². The van der Waals surface area contributed by atoms with Crippen LogP contribution in [0.5, 0.6) is 5.75 Å². The van der Waals surface area contributed by atoms with Gasteiger partial charge in [0.05, 0.1) is 31.3 Å². The lowest BCUT2D eigenvalue weighted by Gasteiger charge is -2.22. The summed E-state index contributed by atoms with van der Waals surface area (Å²) in [5.41, 5.74) is -0.935. The van der Waals surface area contributed by atoms with Crippen molar-refractivity contribution in [2.24, 2.45) is 0 Å². The molecule has 1 rings (SSSR count). The molecule has 9 heteroatoms. The first kappa shape index (κ1) is 20.6. The van der Waals surface area contributed by atoms with E-state index in [0.717, 1.165) is 12.1 Å². The Morgan fingerprint density at radius 1 is 1.40 bits per heavy atom. The van der Waals surface area contributed by atoms with E-state index in [0.29, 0.717) is 0 Å². The highest BCUT2D eigenvalue weighted by Crippen LogP contribution is 2.30. The lowest BCUT2D eigenvalue weighted by atomic mass is 10.2. The second-order valence-electron chi connectivity index (χ2n) is 6.43. The van der Waals surface area contributed by atoms with Gasteiger partial charge < -0.3 is 19.5 Å². The third-order valence-electron chi connectivity index (χ3n) is 2.93. The van der Waals surface area contributed by atoms with Crippen LogP contribution in [-0.4, -0.2) is 36.4 Å². The average Bonchev–Trinajstić information content (AvgIpc) is 2.45. The molecule has 0 aliphatic carbocycles. The molecule has 0 radical (unpaired) electrons. The van der Waals surface area contributed by atoms with E-state index < -0.39 is 22.4 Å². The summed E-state index contributed by atoms with van der Waals surface area (Å²) in [6.45, 7) is 6.82. The topological polar surface area (TPSA) is 99.9 Å². The molecule has 1 amide bonds. The molecule has 25 heavy (non-hydrogen) atoms. The van der Waals surface area contributed by atoms with Crippen molar-refractivity contribution in [1.29, 1.82) is 0 Å². The number of nitrogens with one attached hydrogen (secondary N) is 1. The number of alkyl carbamates (subject to hydrolysis) is 1. The Kier molecular flexibility index (Phi) is 7.10. The Morgan fingerprint density at radius 2 is 2.04 bits per heavy atom. The molecular formula is C16H23FN2O6. The summed E-state index contributed by atoms with van der Waals surface area (Å²) in [4.78, 5) is 21.9. The number of nitro groups is 1. The summed E-state index contributed by atoms with van der Waals surface area (Å²) in [6.07, 6.45) is -0.588. The SMILES string of the molecule is COc1cc(F)c(COC[C@@H](C)NC(=O)OC(C)(C)C)cc1[N+](=O)[O-]. The van der Waals surface area contributed by atoms with E-state index in [9.17, 15) is 19.3 Å². The molecule has 0 heterocycles. The summed E-state index contributed by atoms with van der Waals surface area (Å²) in [5.74, 6) is -0.832. The van der Waals surface area contributed by atoms with Gasteiger partial charge in [0.2, 0.25) is 0 Å². The number of hydrogen-bond acceptors (Lipinski definition) is 6. The number of methoxy groups -OCH3 is 1. The number of ether oxygens (including phenoxy) is 3. The standard InChI is InChI=1S/C16H23FN2O6/c1-10(18-15(20)25-16(2,3)4)8-24-9-11-6-13(19(21)22)14(23-5)7-12(11)17/h6-7,10H,8-9H2,1-5H3,(H,18,20)/t10-/m1/s1. The third kappa shape index (κ3) is 6.92. The van der Waals surface area contributed by atoms with Crippen LogP contribution in [0.25, 0.3) is 0 Å². The van der Waals surface area contributed by atoms with Crippen LogP contribution >= 0.6 is 0 Å². The third-order valence-corrected chi connectivity index (χ3v) is 2.93. The lowest BCUT2D eigenvalue weighted by Crippen LogP contribution is -2.39. The summed E-state index contributed by atoms with van der Waals surface area (Å²) in [6, 6.07) is 1.63. The molecule has 0 bridgehead atoms. The van der Waals surface area contributed by atoms with E-state index in [1.807, 2.05) is 0 Å². The molecule has 1 aromatic carbocycles. The molecule has 0 aliphatic heterocycles. The number of carbonyl (C=O) groups excluding carboxylic acids is 1. The van der Waals surface area contributed by atoms with E-state index in [4.69, 9.17) is 14.2 Å². The van der Waals surface area contributed by atoms with Gasteiger partial charge in [0.25, 0.3) is 0 Å². The fourth-order valence-corrected chi connectivity index (χ4v) is 1.90.